The molecule has 0 unspecified atom stereocenters. The number of methoxy groups -OCH3 is 1. The number of hydrogen-bond donors (Lipinski definition) is 3. The van der Waals surface area contributed by atoms with Gasteiger partial charge < -0.3 is 20.5 Å². The van der Waals surface area contributed by atoms with Crippen molar-refractivity contribution in [2.75, 3.05) is 25.1 Å². The number of carbonyl (C=O) groups excluding carboxylic acids is 2. The van der Waals surface area contributed by atoms with Crippen LogP contribution >= 0.6 is 0 Å². The number of anilines is 1. The van der Waals surface area contributed by atoms with E-state index in [1.165, 1.54) is 7.11 Å². The predicted molar refractivity (Wildman–Crippen MR) is 94.6 cm³/mol. The van der Waals surface area contributed by atoms with E-state index >= 15 is 0 Å². The Balaban J connectivity index is 1.70. The Morgan fingerprint density at radius 3 is 2.58 bits per heavy atom. The number of aliphatic carboxylic acids is 1. The Morgan fingerprint density at radius 2 is 2.00 bits per heavy atom. The number of nitrogens with one attached hydrogen (secondary N) is 2. The van der Waals surface area contributed by atoms with Gasteiger partial charge in [-0.3, -0.25) is 14.5 Å². The van der Waals surface area contributed by atoms with Gasteiger partial charge in [-0.05, 0) is 43.9 Å². The van der Waals surface area contributed by atoms with Gasteiger partial charge in [0.1, 0.15) is 5.75 Å². The van der Waals surface area contributed by atoms with E-state index in [0.29, 0.717) is 55.8 Å². The summed E-state index contributed by atoms with van der Waals surface area (Å²) in [4.78, 5) is 37.1. The number of urea groups is 1. The van der Waals surface area contributed by atoms with Gasteiger partial charge in [0.25, 0.3) is 5.91 Å². The second kappa shape index (κ2) is 7.63. The lowest BCUT2D eigenvalue weighted by Gasteiger charge is -2.27. The Bertz CT molecular complexity index is 713. The second-order valence-corrected chi connectivity index (χ2v) is 6.63. The van der Waals surface area contributed by atoms with E-state index in [1.807, 2.05) is 0 Å². The molecule has 1 saturated carbocycles. The highest BCUT2D eigenvalue weighted by molar-refractivity contribution is 6.00. The van der Waals surface area contributed by atoms with E-state index in [9.17, 15) is 14.4 Å². The summed E-state index contributed by atoms with van der Waals surface area (Å²) in [5, 5.41) is 14.8. The number of benzene rings is 1. The smallest absolute Gasteiger partial charge is 0.322 e. The highest BCUT2D eigenvalue weighted by Gasteiger charge is 2.28. The molecule has 0 radical (unpaired) electrons. The first-order valence-corrected chi connectivity index (χ1v) is 8.76. The van der Waals surface area contributed by atoms with E-state index in [-0.39, 0.29) is 23.9 Å². The lowest BCUT2D eigenvalue weighted by Crippen LogP contribution is -2.38. The van der Waals surface area contributed by atoms with Crippen molar-refractivity contribution in [2.45, 2.75) is 31.7 Å². The summed E-state index contributed by atoms with van der Waals surface area (Å²) >= 11 is 0. The van der Waals surface area contributed by atoms with E-state index in [2.05, 4.69) is 10.6 Å². The lowest BCUT2D eigenvalue weighted by molar-refractivity contribution is -0.142. The molecular formula is C18H23N3O5. The predicted octanol–water partition coefficient (Wildman–Crippen LogP) is 1.60. The maximum absolute atomic E-state index is 12.6. The average Bonchev–Trinajstić information content (AvgIpc) is 3.07. The molecule has 0 aromatic heterocycles. The van der Waals surface area contributed by atoms with Gasteiger partial charge in [-0.25, -0.2) is 4.79 Å². The third kappa shape index (κ3) is 3.74. The largest absolute Gasteiger partial charge is 0.495 e. The van der Waals surface area contributed by atoms with Gasteiger partial charge in [-0.1, -0.05) is 0 Å². The molecule has 1 saturated heterocycles. The van der Waals surface area contributed by atoms with Crippen LogP contribution in [0.5, 0.6) is 5.75 Å². The van der Waals surface area contributed by atoms with Crippen LogP contribution in [-0.2, 0) is 4.79 Å². The topological polar surface area (TPSA) is 108 Å². The molecule has 2 aliphatic rings. The molecule has 140 valence electrons. The SMILES string of the molecule is COc1ccc(C(=O)NC2CCC(C(=O)O)CC2)cc1N1CCNC1=O. The van der Waals surface area contributed by atoms with Crippen LogP contribution in [0.2, 0.25) is 0 Å². The Kier molecular flexibility index (Phi) is 5.29. The number of hydrogen-bond acceptors (Lipinski definition) is 4. The molecule has 2 fully saturated rings. The molecule has 8 nitrogen and oxygen atoms in total. The molecular weight excluding hydrogens is 338 g/mol. The molecule has 1 aliphatic heterocycles. The third-order valence-electron chi connectivity index (χ3n) is 5.00. The van der Waals surface area contributed by atoms with Crippen LogP contribution in [-0.4, -0.2) is 49.3 Å². The number of carboxylic acid groups (broad SMARTS) is 1. The van der Waals surface area contributed by atoms with Crippen LogP contribution in [0.3, 0.4) is 0 Å². The summed E-state index contributed by atoms with van der Waals surface area (Å²) in [7, 11) is 1.52. The monoisotopic (exact) mass is 361 g/mol. The van der Waals surface area contributed by atoms with Crippen molar-refractivity contribution in [1.82, 2.24) is 10.6 Å². The molecule has 8 heteroatoms. The van der Waals surface area contributed by atoms with Gasteiger partial charge in [0.05, 0.1) is 18.7 Å². The van der Waals surface area contributed by atoms with Crippen LogP contribution in [0.1, 0.15) is 36.0 Å². The van der Waals surface area contributed by atoms with Gasteiger partial charge in [0, 0.05) is 24.7 Å². The van der Waals surface area contributed by atoms with Crippen LogP contribution in [0.25, 0.3) is 0 Å². The second-order valence-electron chi connectivity index (χ2n) is 6.63. The summed E-state index contributed by atoms with van der Waals surface area (Å²) in [6.07, 6.45) is 2.45. The highest BCUT2D eigenvalue weighted by atomic mass is 16.5. The highest BCUT2D eigenvalue weighted by Crippen LogP contribution is 2.31. The fraction of sp³-hybridized carbons (Fsp3) is 0.500. The molecule has 1 aromatic carbocycles. The van der Waals surface area contributed by atoms with Crippen LogP contribution in [0.15, 0.2) is 18.2 Å². The van der Waals surface area contributed by atoms with Gasteiger partial charge in [0.2, 0.25) is 0 Å². The van der Waals surface area contributed by atoms with Crippen molar-refractivity contribution in [3.8, 4) is 5.75 Å². The zero-order chi connectivity index (χ0) is 18.7. The van der Waals surface area contributed by atoms with Crippen LogP contribution in [0.4, 0.5) is 10.5 Å². The Labute approximate surface area is 151 Å². The minimum Gasteiger partial charge on any atom is -0.495 e. The molecule has 1 aliphatic carbocycles. The fourth-order valence-electron chi connectivity index (χ4n) is 3.50. The van der Waals surface area contributed by atoms with Crippen molar-refractivity contribution >= 4 is 23.6 Å². The molecule has 0 spiro atoms. The Hall–Kier alpha value is -2.77. The number of carbonyl (C=O) groups is 3. The normalized spacial score (nSPS) is 22.7. The summed E-state index contributed by atoms with van der Waals surface area (Å²) in [6, 6.07) is 4.75. The quantitative estimate of drug-likeness (QED) is 0.738. The zero-order valence-corrected chi connectivity index (χ0v) is 14.7. The van der Waals surface area contributed by atoms with Gasteiger partial charge in [-0.15, -0.1) is 0 Å². The first-order valence-electron chi connectivity index (χ1n) is 8.76. The summed E-state index contributed by atoms with van der Waals surface area (Å²) in [5.41, 5.74) is 1.01. The van der Waals surface area contributed by atoms with Crippen LogP contribution in [0, 0.1) is 5.92 Å². The molecule has 1 aromatic rings. The van der Waals surface area contributed by atoms with Crippen molar-refractivity contribution < 1.29 is 24.2 Å². The van der Waals surface area contributed by atoms with Crippen molar-refractivity contribution in [2.24, 2.45) is 5.92 Å². The third-order valence-corrected chi connectivity index (χ3v) is 5.00. The fourth-order valence-corrected chi connectivity index (χ4v) is 3.50. The van der Waals surface area contributed by atoms with Crippen molar-refractivity contribution in [3.63, 3.8) is 0 Å². The molecule has 3 N–H and O–H groups in total. The molecule has 0 bridgehead atoms. The van der Waals surface area contributed by atoms with Gasteiger partial charge in [-0.2, -0.15) is 0 Å². The summed E-state index contributed by atoms with van der Waals surface area (Å²) in [5.74, 6) is -0.782. The summed E-state index contributed by atoms with van der Waals surface area (Å²) < 4.78 is 5.32. The van der Waals surface area contributed by atoms with E-state index in [0.717, 1.165) is 0 Å². The first kappa shape index (κ1) is 18.0. The number of ether oxygens (including phenoxy) is 1. The van der Waals surface area contributed by atoms with Gasteiger partial charge in [0.15, 0.2) is 0 Å². The number of nitrogens with zero attached hydrogens (tertiary/aromatic N) is 1. The van der Waals surface area contributed by atoms with Crippen molar-refractivity contribution in [3.05, 3.63) is 23.8 Å². The minimum absolute atomic E-state index is 0.0289. The lowest BCUT2D eigenvalue weighted by atomic mass is 9.86. The molecule has 0 atom stereocenters. The number of carboxylic acids is 1. The maximum Gasteiger partial charge on any atom is 0.322 e. The molecule has 3 rings (SSSR count). The van der Waals surface area contributed by atoms with Crippen molar-refractivity contribution in [1.29, 1.82) is 0 Å². The molecule has 1 heterocycles. The first-order chi connectivity index (χ1) is 12.5. The van der Waals surface area contributed by atoms with Gasteiger partial charge >= 0.3 is 12.0 Å². The number of rotatable bonds is 5. The standard InChI is InChI=1S/C18H23N3O5/c1-26-15-7-4-12(10-14(15)21-9-8-19-18(21)25)16(22)20-13-5-2-11(3-6-13)17(23)24/h4,7,10-11,13H,2-3,5-6,8-9H2,1H3,(H,19,25)(H,20,22)(H,23,24). The van der Waals surface area contributed by atoms with Crippen LogP contribution < -0.4 is 20.3 Å². The van der Waals surface area contributed by atoms with E-state index in [1.54, 1.807) is 23.1 Å². The molecule has 3 amide bonds. The maximum atomic E-state index is 12.6. The van der Waals surface area contributed by atoms with E-state index < -0.39 is 5.97 Å². The molecule has 26 heavy (non-hydrogen) atoms. The van der Waals surface area contributed by atoms with E-state index in [4.69, 9.17) is 9.84 Å². The Morgan fingerprint density at radius 1 is 1.27 bits per heavy atom. The summed E-state index contributed by atoms with van der Waals surface area (Å²) in [6.45, 7) is 1.06. The zero-order valence-electron chi connectivity index (χ0n) is 14.7. The average molecular weight is 361 g/mol. The number of amides is 3. The minimum atomic E-state index is -0.765.